The van der Waals surface area contributed by atoms with Crippen molar-refractivity contribution in [2.24, 2.45) is 0 Å². The number of ether oxygens (including phenoxy) is 1. The molecule has 0 unspecified atom stereocenters. The molecule has 0 saturated heterocycles. The first-order valence-corrected chi connectivity index (χ1v) is 11.2. The maximum atomic E-state index is 13.8. The maximum Gasteiger partial charge on any atom is 0.266 e. The molecule has 156 valence electrons. The van der Waals surface area contributed by atoms with Gasteiger partial charge >= 0.3 is 0 Å². The van der Waals surface area contributed by atoms with Crippen molar-refractivity contribution in [3.63, 3.8) is 0 Å². The quantitative estimate of drug-likeness (QED) is 0.186. The van der Waals surface area contributed by atoms with Crippen molar-refractivity contribution in [3.05, 3.63) is 96.2 Å². The molecule has 0 aliphatic heterocycles. The zero-order valence-corrected chi connectivity index (χ0v) is 20.3. The van der Waals surface area contributed by atoms with Gasteiger partial charge in [0.2, 0.25) is 0 Å². The largest absolute Gasteiger partial charge is 0.487 e. The van der Waals surface area contributed by atoms with Gasteiger partial charge in [-0.1, -0.05) is 41.9 Å². The Bertz CT molecular complexity index is 1190. The third kappa shape index (κ3) is 6.06. The number of para-hydroxylation sites is 1. The first-order valence-electron chi connectivity index (χ1n) is 8.92. The van der Waals surface area contributed by atoms with E-state index in [2.05, 4.69) is 43.8 Å². The first-order chi connectivity index (χ1) is 14.9. The molecule has 0 bridgehead atoms. The summed E-state index contributed by atoms with van der Waals surface area (Å²) in [5.41, 5.74) is 1.32. The number of benzene rings is 3. The van der Waals surface area contributed by atoms with Gasteiger partial charge in [0.15, 0.2) is 0 Å². The minimum atomic E-state index is -0.697. The van der Waals surface area contributed by atoms with Gasteiger partial charge in [-0.2, -0.15) is 5.26 Å². The summed E-state index contributed by atoms with van der Waals surface area (Å²) in [5.74, 6) is -0.657. The van der Waals surface area contributed by atoms with Crippen molar-refractivity contribution in [1.82, 2.24) is 0 Å². The van der Waals surface area contributed by atoms with Crippen LogP contribution in [-0.2, 0) is 11.4 Å². The van der Waals surface area contributed by atoms with Crippen LogP contribution in [0.4, 0.5) is 10.1 Å². The molecule has 0 aliphatic carbocycles. The molecule has 0 saturated carbocycles. The highest BCUT2D eigenvalue weighted by Gasteiger charge is 2.14. The lowest BCUT2D eigenvalue weighted by Crippen LogP contribution is -2.14. The minimum absolute atomic E-state index is 0.00716. The molecule has 0 atom stereocenters. The summed E-state index contributed by atoms with van der Waals surface area (Å²) < 4.78 is 21.1. The summed E-state index contributed by atoms with van der Waals surface area (Å²) >= 11 is 11.8. The van der Waals surface area contributed by atoms with Crippen molar-refractivity contribution < 1.29 is 13.9 Å². The summed E-state index contributed by atoms with van der Waals surface area (Å²) in [6.07, 6.45) is 1.43. The van der Waals surface area contributed by atoms with Crippen molar-refractivity contribution >= 4 is 67.8 Å². The first kappa shape index (κ1) is 23.3. The van der Waals surface area contributed by atoms with Gasteiger partial charge in [0.1, 0.15) is 29.8 Å². The molecule has 0 fully saturated rings. The van der Waals surface area contributed by atoms with Crippen LogP contribution in [0.25, 0.3) is 6.08 Å². The van der Waals surface area contributed by atoms with Gasteiger partial charge in [-0.25, -0.2) is 4.39 Å². The van der Waals surface area contributed by atoms with E-state index < -0.39 is 11.7 Å². The number of hydrogen-bond donors (Lipinski definition) is 1. The number of carbonyl (C=O) groups is 1. The lowest BCUT2D eigenvalue weighted by molar-refractivity contribution is -0.112. The lowest BCUT2D eigenvalue weighted by Gasteiger charge is -2.12. The lowest BCUT2D eigenvalue weighted by atomic mass is 10.1. The van der Waals surface area contributed by atoms with Gasteiger partial charge in [-0.3, -0.25) is 4.79 Å². The molecule has 0 heterocycles. The fourth-order valence-electron chi connectivity index (χ4n) is 2.63. The molecule has 0 aromatic heterocycles. The fourth-order valence-corrected chi connectivity index (χ4v) is 4.59. The van der Waals surface area contributed by atoms with Crippen LogP contribution in [0.3, 0.4) is 0 Å². The fraction of sp³-hybridized carbons (Fsp3) is 0.0435. The number of nitrogens with one attached hydrogen (secondary N) is 1. The molecule has 1 N–H and O–H groups in total. The maximum absolute atomic E-state index is 13.8. The molecular weight excluding hydrogens is 598 g/mol. The van der Waals surface area contributed by atoms with E-state index in [1.807, 2.05) is 24.3 Å². The van der Waals surface area contributed by atoms with E-state index in [-0.39, 0.29) is 17.9 Å². The van der Waals surface area contributed by atoms with Crippen LogP contribution in [0.15, 0.2) is 70.7 Å². The highest BCUT2D eigenvalue weighted by molar-refractivity contribution is 14.1. The second-order valence-electron chi connectivity index (χ2n) is 6.30. The molecule has 31 heavy (non-hydrogen) atoms. The predicted molar refractivity (Wildman–Crippen MR) is 131 cm³/mol. The molecule has 3 aromatic carbocycles. The molecule has 0 radical (unpaired) electrons. The van der Waals surface area contributed by atoms with Crippen LogP contribution < -0.4 is 10.1 Å². The topological polar surface area (TPSA) is 62.1 Å². The van der Waals surface area contributed by atoms with E-state index in [0.717, 1.165) is 9.13 Å². The molecule has 8 heteroatoms. The zero-order chi connectivity index (χ0) is 22.4. The Labute approximate surface area is 205 Å². The second kappa shape index (κ2) is 10.8. The van der Waals surface area contributed by atoms with E-state index in [4.69, 9.17) is 16.3 Å². The normalized spacial score (nSPS) is 11.0. The van der Waals surface area contributed by atoms with Gasteiger partial charge in [0.05, 0.1) is 13.7 Å². The van der Waals surface area contributed by atoms with E-state index in [0.29, 0.717) is 20.8 Å². The third-order valence-corrected chi connectivity index (χ3v) is 5.91. The highest BCUT2D eigenvalue weighted by Crippen LogP contribution is 2.34. The van der Waals surface area contributed by atoms with Crippen molar-refractivity contribution in [1.29, 1.82) is 5.26 Å². The number of halogens is 4. The van der Waals surface area contributed by atoms with Crippen molar-refractivity contribution in [3.8, 4) is 11.8 Å². The average Bonchev–Trinajstić information content (AvgIpc) is 2.74. The van der Waals surface area contributed by atoms with Gasteiger partial charge in [0, 0.05) is 10.6 Å². The summed E-state index contributed by atoms with van der Waals surface area (Å²) in [6, 6.07) is 18.5. The van der Waals surface area contributed by atoms with Gasteiger partial charge in [-0.05, 0) is 80.5 Å². The van der Waals surface area contributed by atoms with Crippen molar-refractivity contribution in [2.75, 3.05) is 5.32 Å². The Balaban J connectivity index is 1.80. The van der Waals surface area contributed by atoms with Crippen LogP contribution >= 0.6 is 50.1 Å². The zero-order valence-electron chi connectivity index (χ0n) is 15.8. The monoisotopic (exact) mass is 610 g/mol. The third-order valence-electron chi connectivity index (χ3n) is 4.15. The number of amides is 1. The van der Waals surface area contributed by atoms with Crippen LogP contribution in [0.2, 0.25) is 5.02 Å². The van der Waals surface area contributed by atoms with Crippen LogP contribution in [-0.4, -0.2) is 5.91 Å². The Morgan fingerprint density at radius 1 is 1.23 bits per heavy atom. The minimum Gasteiger partial charge on any atom is -0.487 e. The van der Waals surface area contributed by atoms with E-state index in [1.54, 1.807) is 24.3 Å². The molecule has 3 aromatic rings. The second-order valence-corrected chi connectivity index (χ2v) is 8.72. The molecular formula is C23H14BrClFIN2O2. The predicted octanol–water partition coefficient (Wildman–Crippen LogP) is 6.97. The summed E-state index contributed by atoms with van der Waals surface area (Å²) in [4.78, 5) is 12.4. The Morgan fingerprint density at radius 2 is 1.94 bits per heavy atom. The summed E-state index contributed by atoms with van der Waals surface area (Å²) in [6.45, 7) is 0.290. The van der Waals surface area contributed by atoms with Crippen LogP contribution in [0.5, 0.6) is 5.75 Å². The molecule has 4 nitrogen and oxygen atoms in total. The Morgan fingerprint density at radius 3 is 2.61 bits per heavy atom. The number of nitrogens with zero attached hydrogens (tertiary/aromatic N) is 1. The number of nitriles is 1. The van der Waals surface area contributed by atoms with Gasteiger partial charge in [-0.15, -0.1) is 0 Å². The Hall–Kier alpha value is -2.41. The van der Waals surface area contributed by atoms with E-state index in [1.165, 1.54) is 24.3 Å². The Kier molecular flexibility index (Phi) is 8.07. The molecule has 3 rings (SSSR count). The summed E-state index contributed by atoms with van der Waals surface area (Å²) in [7, 11) is 0. The molecule has 0 aliphatic rings. The number of hydrogen-bond acceptors (Lipinski definition) is 3. The number of rotatable bonds is 6. The van der Waals surface area contributed by atoms with Crippen LogP contribution in [0.1, 0.15) is 11.1 Å². The number of anilines is 1. The SMILES string of the molecule is N#C/C(=C/c1cc(Br)c(OCc2ccccc2Cl)c(I)c1)C(=O)Nc1ccccc1F. The molecule has 1 amide bonds. The smallest absolute Gasteiger partial charge is 0.266 e. The van der Waals surface area contributed by atoms with Gasteiger partial charge in [0.25, 0.3) is 5.91 Å². The van der Waals surface area contributed by atoms with Crippen LogP contribution in [0, 0.1) is 20.7 Å². The standard InChI is InChI=1S/C23H14BrClFIN2O2/c24-17-10-14(9-16(12-28)23(30)29-21-8-4-3-7-19(21)26)11-20(27)22(17)31-13-15-5-1-2-6-18(15)25/h1-11H,13H2,(H,29,30)/b16-9-. The molecule has 0 spiro atoms. The summed E-state index contributed by atoms with van der Waals surface area (Å²) in [5, 5.41) is 12.4. The average molecular weight is 612 g/mol. The van der Waals surface area contributed by atoms with Gasteiger partial charge < -0.3 is 10.1 Å². The highest BCUT2D eigenvalue weighted by atomic mass is 127. The van der Waals surface area contributed by atoms with Crippen molar-refractivity contribution in [2.45, 2.75) is 6.61 Å². The van der Waals surface area contributed by atoms with E-state index >= 15 is 0 Å². The van der Waals surface area contributed by atoms with E-state index in [9.17, 15) is 14.4 Å². The number of carbonyl (C=O) groups excluding carboxylic acids is 1.